The fourth-order valence-electron chi connectivity index (χ4n) is 6.21. The van der Waals surface area contributed by atoms with Gasteiger partial charge >= 0.3 is 0 Å². The topological polar surface area (TPSA) is 73.4 Å². The number of carbonyl (C=O) groups is 1. The maximum atomic E-state index is 14.4. The van der Waals surface area contributed by atoms with Gasteiger partial charge in [-0.2, -0.15) is 0 Å². The van der Waals surface area contributed by atoms with Crippen molar-refractivity contribution < 1.29 is 18.4 Å². The Labute approximate surface area is 225 Å². The van der Waals surface area contributed by atoms with E-state index in [9.17, 15) is 9.18 Å². The number of amides is 1. The second-order valence-electron chi connectivity index (χ2n) is 10.3. The number of benzene rings is 2. The number of nitrogens with zero attached hydrogens (tertiary/aromatic N) is 4. The van der Waals surface area contributed by atoms with E-state index >= 15 is 0 Å². The van der Waals surface area contributed by atoms with Crippen molar-refractivity contribution in [2.75, 3.05) is 12.0 Å². The summed E-state index contributed by atoms with van der Waals surface area (Å²) in [6.07, 6.45) is 5.09. The number of fused-ring (bicyclic) bond motifs is 1. The molecule has 2 aromatic carbocycles. The average molecular weight is 537 g/mol. The minimum atomic E-state index is -0.543. The number of carbonyl (C=O) groups excluding carboxylic acids is 1. The molecule has 0 spiro atoms. The highest BCUT2D eigenvalue weighted by Crippen LogP contribution is 2.42. The molecular formula is C29H30ClFN4O3. The van der Waals surface area contributed by atoms with Gasteiger partial charge in [0.15, 0.2) is 0 Å². The van der Waals surface area contributed by atoms with Crippen LogP contribution >= 0.6 is 11.6 Å². The SMILES string of the molecule is COC1CCC(n2c(C3CCC(=O)N3c3ccc(Cl)c(F)c3)nc3cc(-c4c(C)noc4C)ccc32)CC1. The number of ether oxygens (including phenoxy) is 1. The van der Waals surface area contributed by atoms with Gasteiger partial charge in [0.25, 0.3) is 0 Å². The Hall–Kier alpha value is -3.23. The van der Waals surface area contributed by atoms with E-state index in [2.05, 4.69) is 27.9 Å². The summed E-state index contributed by atoms with van der Waals surface area (Å²) in [6.45, 7) is 3.84. The van der Waals surface area contributed by atoms with Crippen LogP contribution < -0.4 is 4.90 Å². The van der Waals surface area contributed by atoms with Gasteiger partial charge in [-0.15, -0.1) is 0 Å². The first kappa shape index (κ1) is 25.1. The molecule has 1 saturated carbocycles. The van der Waals surface area contributed by atoms with Gasteiger partial charge in [0.2, 0.25) is 5.91 Å². The fourth-order valence-corrected chi connectivity index (χ4v) is 6.33. The molecule has 1 unspecified atom stereocenters. The minimum Gasteiger partial charge on any atom is -0.381 e. The molecular weight excluding hydrogens is 507 g/mol. The molecule has 2 fully saturated rings. The maximum absolute atomic E-state index is 14.4. The van der Waals surface area contributed by atoms with Crippen LogP contribution in [0.4, 0.5) is 10.1 Å². The molecule has 1 saturated heterocycles. The molecule has 4 aromatic rings. The zero-order chi connectivity index (χ0) is 26.6. The number of hydrogen-bond donors (Lipinski definition) is 0. The summed E-state index contributed by atoms with van der Waals surface area (Å²) in [5.74, 6) is 1.00. The number of halogens is 2. The molecule has 2 aromatic heterocycles. The molecule has 6 rings (SSSR count). The number of methoxy groups -OCH3 is 1. The van der Waals surface area contributed by atoms with Crippen LogP contribution in [0.1, 0.15) is 67.9 Å². The van der Waals surface area contributed by atoms with Gasteiger partial charge in [-0.25, -0.2) is 9.37 Å². The number of aromatic nitrogens is 3. The van der Waals surface area contributed by atoms with Crippen LogP contribution in [0.5, 0.6) is 0 Å². The van der Waals surface area contributed by atoms with Crippen molar-refractivity contribution in [2.45, 2.75) is 70.6 Å². The largest absolute Gasteiger partial charge is 0.381 e. The third-order valence-corrected chi connectivity index (χ3v) is 8.38. The second-order valence-corrected chi connectivity index (χ2v) is 10.7. The lowest BCUT2D eigenvalue weighted by molar-refractivity contribution is -0.117. The molecule has 0 radical (unpaired) electrons. The minimum absolute atomic E-state index is 0.0333. The van der Waals surface area contributed by atoms with Crippen LogP contribution in [0.25, 0.3) is 22.2 Å². The van der Waals surface area contributed by atoms with Crippen LogP contribution in [-0.2, 0) is 9.53 Å². The predicted molar refractivity (Wildman–Crippen MR) is 144 cm³/mol. The Morgan fingerprint density at radius 1 is 1.08 bits per heavy atom. The van der Waals surface area contributed by atoms with E-state index in [4.69, 9.17) is 25.8 Å². The summed E-state index contributed by atoms with van der Waals surface area (Å²) < 4.78 is 27.8. The number of hydrogen-bond acceptors (Lipinski definition) is 5. The van der Waals surface area contributed by atoms with Gasteiger partial charge in [0.05, 0.1) is 33.9 Å². The Kier molecular flexibility index (Phi) is 6.48. The lowest BCUT2D eigenvalue weighted by Gasteiger charge is -2.32. The Morgan fingerprint density at radius 2 is 1.87 bits per heavy atom. The van der Waals surface area contributed by atoms with Crippen molar-refractivity contribution in [1.29, 1.82) is 0 Å². The standard InChI is InChI=1S/C29H30ClFN4O3/c1-16-28(17(2)38-33-16)18-4-11-25-24(14-18)32-29(35(25)19-5-8-21(37-3)9-6-19)26-12-13-27(36)34(26)20-7-10-22(30)23(31)15-20/h4,7,10-11,14-15,19,21,26H,5-6,8-9,12-13H2,1-3H3. The van der Waals surface area contributed by atoms with E-state index < -0.39 is 5.82 Å². The van der Waals surface area contributed by atoms with Gasteiger partial charge in [-0.3, -0.25) is 4.79 Å². The number of imidazole rings is 1. The first-order valence-electron chi connectivity index (χ1n) is 13.1. The summed E-state index contributed by atoms with van der Waals surface area (Å²) in [5, 5.41) is 4.15. The molecule has 1 aliphatic carbocycles. The van der Waals surface area contributed by atoms with Crippen LogP contribution in [0.3, 0.4) is 0 Å². The normalized spacial score (nSPS) is 22.1. The summed E-state index contributed by atoms with van der Waals surface area (Å²) in [7, 11) is 1.77. The molecule has 7 nitrogen and oxygen atoms in total. The highest BCUT2D eigenvalue weighted by atomic mass is 35.5. The predicted octanol–water partition coefficient (Wildman–Crippen LogP) is 7.10. The molecule has 1 aliphatic heterocycles. The number of aryl methyl sites for hydroxylation is 2. The maximum Gasteiger partial charge on any atom is 0.227 e. The van der Waals surface area contributed by atoms with Gasteiger partial charge in [0, 0.05) is 30.8 Å². The Bertz CT molecular complexity index is 1500. The molecule has 38 heavy (non-hydrogen) atoms. The van der Waals surface area contributed by atoms with E-state index in [0.29, 0.717) is 18.5 Å². The summed E-state index contributed by atoms with van der Waals surface area (Å²) >= 11 is 5.94. The van der Waals surface area contributed by atoms with Gasteiger partial charge in [0.1, 0.15) is 17.4 Å². The lowest BCUT2D eigenvalue weighted by Crippen LogP contribution is -2.31. The monoisotopic (exact) mass is 536 g/mol. The van der Waals surface area contributed by atoms with Crippen molar-refractivity contribution in [2.24, 2.45) is 0 Å². The molecule has 3 heterocycles. The first-order chi connectivity index (χ1) is 18.4. The van der Waals surface area contributed by atoms with Crippen LogP contribution in [0.15, 0.2) is 40.9 Å². The van der Waals surface area contributed by atoms with E-state index in [1.165, 1.54) is 12.1 Å². The molecule has 1 atom stereocenters. The van der Waals surface area contributed by atoms with Crippen LogP contribution in [-0.4, -0.2) is 33.8 Å². The third kappa shape index (κ3) is 4.20. The molecule has 198 valence electrons. The van der Waals surface area contributed by atoms with Crippen molar-refractivity contribution in [1.82, 2.24) is 14.7 Å². The van der Waals surface area contributed by atoms with Crippen molar-refractivity contribution in [3.63, 3.8) is 0 Å². The molecule has 0 N–H and O–H groups in total. The fraction of sp³-hybridized carbons (Fsp3) is 0.414. The molecule has 0 bridgehead atoms. The average Bonchev–Trinajstić information content (AvgIpc) is 3.59. The zero-order valence-corrected chi connectivity index (χ0v) is 22.5. The van der Waals surface area contributed by atoms with Gasteiger partial charge in [-0.1, -0.05) is 22.8 Å². The Morgan fingerprint density at radius 3 is 2.55 bits per heavy atom. The molecule has 2 aliphatic rings. The van der Waals surface area contributed by atoms with Crippen molar-refractivity contribution >= 4 is 34.2 Å². The number of rotatable bonds is 5. The molecule has 9 heteroatoms. The summed E-state index contributed by atoms with van der Waals surface area (Å²) in [5.41, 5.74) is 5.17. The second kappa shape index (κ2) is 9.82. The van der Waals surface area contributed by atoms with Gasteiger partial charge < -0.3 is 18.7 Å². The van der Waals surface area contributed by atoms with Gasteiger partial charge in [-0.05, 0) is 81.8 Å². The zero-order valence-electron chi connectivity index (χ0n) is 21.7. The highest BCUT2D eigenvalue weighted by Gasteiger charge is 2.38. The molecule has 1 amide bonds. The summed E-state index contributed by atoms with van der Waals surface area (Å²) in [6, 6.07) is 10.7. The number of anilines is 1. The van der Waals surface area contributed by atoms with Crippen molar-refractivity contribution in [3.8, 4) is 11.1 Å². The van der Waals surface area contributed by atoms with Crippen molar-refractivity contribution in [3.05, 3.63) is 64.5 Å². The smallest absolute Gasteiger partial charge is 0.227 e. The van der Waals surface area contributed by atoms with E-state index in [-0.39, 0.29) is 29.1 Å². The van der Waals surface area contributed by atoms with Crippen LogP contribution in [0.2, 0.25) is 5.02 Å². The quantitative estimate of drug-likeness (QED) is 0.272. The first-order valence-corrected chi connectivity index (χ1v) is 13.5. The highest BCUT2D eigenvalue weighted by molar-refractivity contribution is 6.30. The summed E-state index contributed by atoms with van der Waals surface area (Å²) in [4.78, 5) is 20.0. The lowest BCUT2D eigenvalue weighted by atomic mass is 9.92. The van der Waals surface area contributed by atoms with E-state index in [1.807, 2.05) is 13.8 Å². The van der Waals surface area contributed by atoms with E-state index in [0.717, 1.165) is 65.1 Å². The Balaban J connectivity index is 1.49. The third-order valence-electron chi connectivity index (χ3n) is 8.07. The van der Waals surface area contributed by atoms with E-state index in [1.54, 1.807) is 18.1 Å². The van der Waals surface area contributed by atoms with Crippen LogP contribution in [0, 0.1) is 19.7 Å².